The first-order valence-corrected chi connectivity index (χ1v) is 8.92. The summed E-state index contributed by atoms with van der Waals surface area (Å²) < 4.78 is 6.76. The molecule has 5 heteroatoms. The zero-order valence-corrected chi connectivity index (χ0v) is 16.0. The van der Waals surface area contributed by atoms with Crippen LogP contribution in [0.1, 0.15) is 32.8 Å². The molecule has 1 aromatic carbocycles. The number of hydrogen-bond donors (Lipinski definition) is 1. The highest BCUT2D eigenvalue weighted by molar-refractivity contribution is 9.10. The fourth-order valence-corrected chi connectivity index (χ4v) is 3.45. The van der Waals surface area contributed by atoms with Crippen molar-refractivity contribution in [2.75, 3.05) is 20.2 Å². The standard InChI is InChI=1S/C18H27BrN2O2/c1-5-23-15-12-18(20,17(15,2)3)16(22)21(4)11-10-13-6-8-14(19)9-7-13/h6-9,15H,5,10-12,20H2,1-4H3. The van der Waals surface area contributed by atoms with Gasteiger partial charge < -0.3 is 15.4 Å². The molecule has 2 rings (SSSR count). The van der Waals surface area contributed by atoms with Crippen LogP contribution in [0.3, 0.4) is 0 Å². The average molecular weight is 383 g/mol. The van der Waals surface area contributed by atoms with Crippen LogP contribution in [-0.2, 0) is 16.0 Å². The number of hydrogen-bond acceptors (Lipinski definition) is 3. The maximum absolute atomic E-state index is 12.8. The number of carbonyl (C=O) groups excluding carboxylic acids is 1. The Morgan fingerprint density at radius 2 is 2.00 bits per heavy atom. The summed E-state index contributed by atoms with van der Waals surface area (Å²) >= 11 is 3.43. The number of nitrogens with zero attached hydrogens (tertiary/aromatic N) is 1. The van der Waals surface area contributed by atoms with Gasteiger partial charge in [-0.2, -0.15) is 0 Å². The number of rotatable bonds is 6. The van der Waals surface area contributed by atoms with Gasteiger partial charge in [0.15, 0.2) is 0 Å². The van der Waals surface area contributed by atoms with E-state index < -0.39 is 5.54 Å². The second-order valence-electron chi connectivity index (χ2n) is 6.94. The van der Waals surface area contributed by atoms with Crippen molar-refractivity contribution in [3.8, 4) is 0 Å². The molecule has 1 aromatic rings. The van der Waals surface area contributed by atoms with Gasteiger partial charge in [0.1, 0.15) is 5.54 Å². The number of likely N-dealkylation sites (N-methyl/N-ethyl adjacent to an activating group) is 1. The van der Waals surface area contributed by atoms with Crippen molar-refractivity contribution in [2.24, 2.45) is 11.1 Å². The summed E-state index contributed by atoms with van der Waals surface area (Å²) in [5, 5.41) is 0. The minimum absolute atomic E-state index is 0.00978. The fraction of sp³-hybridized carbons (Fsp3) is 0.611. The van der Waals surface area contributed by atoms with Crippen LogP contribution >= 0.6 is 15.9 Å². The lowest BCUT2D eigenvalue weighted by Crippen LogP contribution is -2.75. The number of ether oxygens (including phenoxy) is 1. The molecule has 0 spiro atoms. The van der Waals surface area contributed by atoms with Gasteiger partial charge >= 0.3 is 0 Å². The van der Waals surface area contributed by atoms with Crippen molar-refractivity contribution in [2.45, 2.75) is 45.3 Å². The van der Waals surface area contributed by atoms with Crippen molar-refractivity contribution in [3.63, 3.8) is 0 Å². The van der Waals surface area contributed by atoms with E-state index in [9.17, 15) is 4.79 Å². The molecule has 1 aliphatic carbocycles. The van der Waals surface area contributed by atoms with Gasteiger partial charge in [-0.3, -0.25) is 4.79 Å². The largest absolute Gasteiger partial charge is 0.378 e. The number of carbonyl (C=O) groups is 1. The Morgan fingerprint density at radius 3 is 2.52 bits per heavy atom. The van der Waals surface area contributed by atoms with Gasteiger partial charge in [0, 0.05) is 36.5 Å². The second-order valence-corrected chi connectivity index (χ2v) is 7.86. The summed E-state index contributed by atoms with van der Waals surface area (Å²) in [5.41, 5.74) is 6.49. The van der Waals surface area contributed by atoms with E-state index in [1.807, 2.05) is 40.0 Å². The molecule has 1 fully saturated rings. The van der Waals surface area contributed by atoms with E-state index in [0.29, 0.717) is 19.6 Å². The maximum Gasteiger partial charge on any atom is 0.243 e. The van der Waals surface area contributed by atoms with Crippen LogP contribution in [0.5, 0.6) is 0 Å². The molecule has 2 atom stereocenters. The molecule has 0 aliphatic heterocycles. The van der Waals surface area contributed by atoms with Gasteiger partial charge in [-0.1, -0.05) is 41.9 Å². The Balaban J connectivity index is 1.96. The fourth-order valence-electron chi connectivity index (χ4n) is 3.19. The van der Waals surface area contributed by atoms with Crippen LogP contribution in [-0.4, -0.2) is 42.6 Å². The lowest BCUT2D eigenvalue weighted by atomic mass is 9.54. The molecular formula is C18H27BrN2O2. The zero-order chi connectivity index (χ0) is 17.3. The maximum atomic E-state index is 12.8. The van der Waals surface area contributed by atoms with E-state index in [1.165, 1.54) is 5.56 Å². The van der Waals surface area contributed by atoms with Gasteiger partial charge in [-0.15, -0.1) is 0 Å². The monoisotopic (exact) mass is 382 g/mol. The van der Waals surface area contributed by atoms with E-state index in [1.54, 1.807) is 4.90 Å². The van der Waals surface area contributed by atoms with E-state index >= 15 is 0 Å². The molecule has 23 heavy (non-hydrogen) atoms. The van der Waals surface area contributed by atoms with Gasteiger partial charge in [0.05, 0.1) is 6.10 Å². The predicted molar refractivity (Wildman–Crippen MR) is 96.2 cm³/mol. The van der Waals surface area contributed by atoms with Crippen LogP contribution in [0.4, 0.5) is 0 Å². The first-order chi connectivity index (χ1) is 10.7. The lowest BCUT2D eigenvalue weighted by Gasteiger charge is -2.58. The first-order valence-electron chi connectivity index (χ1n) is 8.13. The third-order valence-corrected chi connectivity index (χ3v) is 5.74. The van der Waals surface area contributed by atoms with Crippen molar-refractivity contribution in [1.29, 1.82) is 0 Å². The Morgan fingerprint density at radius 1 is 1.39 bits per heavy atom. The van der Waals surface area contributed by atoms with Crippen LogP contribution in [0.25, 0.3) is 0 Å². The van der Waals surface area contributed by atoms with Gasteiger partial charge in [0.25, 0.3) is 0 Å². The Hall–Kier alpha value is -0.910. The molecule has 0 saturated heterocycles. The summed E-state index contributed by atoms with van der Waals surface area (Å²) in [6, 6.07) is 8.17. The predicted octanol–water partition coefficient (Wildman–Crippen LogP) is 2.98. The van der Waals surface area contributed by atoms with E-state index in [-0.39, 0.29) is 17.4 Å². The zero-order valence-electron chi connectivity index (χ0n) is 14.4. The molecule has 1 aliphatic rings. The summed E-state index contributed by atoms with van der Waals surface area (Å²) in [6.07, 6.45) is 1.47. The molecule has 2 unspecified atom stereocenters. The normalized spacial score (nSPS) is 25.7. The van der Waals surface area contributed by atoms with E-state index in [0.717, 1.165) is 10.9 Å². The van der Waals surface area contributed by atoms with Gasteiger partial charge in [-0.25, -0.2) is 0 Å². The van der Waals surface area contributed by atoms with Crippen LogP contribution in [0.15, 0.2) is 28.7 Å². The molecule has 1 saturated carbocycles. The Bertz CT molecular complexity index is 559. The van der Waals surface area contributed by atoms with Crippen molar-refractivity contribution in [3.05, 3.63) is 34.3 Å². The van der Waals surface area contributed by atoms with Gasteiger partial charge in [0.2, 0.25) is 5.91 Å². The summed E-state index contributed by atoms with van der Waals surface area (Å²) in [7, 11) is 1.83. The van der Waals surface area contributed by atoms with Crippen LogP contribution in [0, 0.1) is 5.41 Å². The molecular weight excluding hydrogens is 356 g/mol. The van der Waals surface area contributed by atoms with Crippen molar-refractivity contribution < 1.29 is 9.53 Å². The number of halogens is 1. The molecule has 4 nitrogen and oxygen atoms in total. The van der Waals surface area contributed by atoms with E-state index in [2.05, 4.69) is 28.1 Å². The highest BCUT2D eigenvalue weighted by atomic mass is 79.9. The number of nitrogens with two attached hydrogens (primary N) is 1. The molecule has 0 radical (unpaired) electrons. The van der Waals surface area contributed by atoms with E-state index in [4.69, 9.17) is 10.5 Å². The SMILES string of the molecule is CCOC1CC(N)(C(=O)N(C)CCc2ccc(Br)cc2)C1(C)C. The minimum Gasteiger partial charge on any atom is -0.378 e. The molecule has 0 bridgehead atoms. The second kappa shape index (κ2) is 6.91. The van der Waals surface area contributed by atoms with Gasteiger partial charge in [-0.05, 0) is 31.0 Å². The lowest BCUT2D eigenvalue weighted by molar-refractivity contribution is -0.178. The smallest absolute Gasteiger partial charge is 0.243 e. The quantitative estimate of drug-likeness (QED) is 0.822. The molecule has 0 aromatic heterocycles. The average Bonchev–Trinajstić information content (AvgIpc) is 2.52. The molecule has 128 valence electrons. The Kier molecular flexibility index (Phi) is 5.54. The molecule has 2 N–H and O–H groups in total. The molecule has 0 heterocycles. The highest BCUT2D eigenvalue weighted by Gasteiger charge is 2.63. The highest BCUT2D eigenvalue weighted by Crippen LogP contribution is 2.50. The minimum atomic E-state index is -0.832. The summed E-state index contributed by atoms with van der Waals surface area (Å²) in [4.78, 5) is 14.6. The van der Waals surface area contributed by atoms with Crippen molar-refractivity contribution in [1.82, 2.24) is 4.90 Å². The number of benzene rings is 1. The first kappa shape index (κ1) is 18.4. The summed E-state index contributed by atoms with van der Waals surface area (Å²) in [6.45, 7) is 7.33. The topological polar surface area (TPSA) is 55.6 Å². The summed E-state index contributed by atoms with van der Waals surface area (Å²) in [5.74, 6) is 0.00978. The molecule has 1 amide bonds. The van der Waals surface area contributed by atoms with Crippen LogP contribution in [0.2, 0.25) is 0 Å². The third-order valence-electron chi connectivity index (χ3n) is 5.21. The van der Waals surface area contributed by atoms with Crippen LogP contribution < -0.4 is 5.73 Å². The number of amides is 1. The van der Waals surface area contributed by atoms with Crippen molar-refractivity contribution >= 4 is 21.8 Å². The third kappa shape index (κ3) is 3.47. The Labute approximate surface area is 147 Å².